The van der Waals surface area contributed by atoms with Gasteiger partial charge in [0.2, 0.25) is 0 Å². The van der Waals surface area contributed by atoms with Gasteiger partial charge in [0.05, 0.1) is 4.88 Å². The van der Waals surface area contributed by atoms with Crippen LogP contribution in [-0.4, -0.2) is 6.54 Å². The zero-order chi connectivity index (χ0) is 15.2. The fourth-order valence-electron chi connectivity index (χ4n) is 2.03. The molecule has 2 nitrogen and oxygen atoms in total. The standard InChI is InChI=1S/C16H19BrFNOS/c1-3-7-19-11(2)13-5-4-12(18)9-15(13)20-10-16-14(17)6-8-21-16/h4-6,8-9,11,19H,3,7,10H2,1-2H3. The highest BCUT2D eigenvalue weighted by molar-refractivity contribution is 9.10. The lowest BCUT2D eigenvalue weighted by molar-refractivity contribution is 0.301. The molecule has 1 aromatic carbocycles. The molecule has 0 aliphatic carbocycles. The second-order valence-corrected chi connectivity index (χ2v) is 6.69. The lowest BCUT2D eigenvalue weighted by atomic mass is 10.1. The van der Waals surface area contributed by atoms with Crippen molar-refractivity contribution in [3.8, 4) is 5.75 Å². The third kappa shape index (κ3) is 4.53. The monoisotopic (exact) mass is 371 g/mol. The van der Waals surface area contributed by atoms with Crippen LogP contribution in [0.5, 0.6) is 5.75 Å². The van der Waals surface area contributed by atoms with E-state index in [0.29, 0.717) is 12.4 Å². The second kappa shape index (κ2) is 7.92. The van der Waals surface area contributed by atoms with E-state index in [1.165, 1.54) is 12.1 Å². The summed E-state index contributed by atoms with van der Waals surface area (Å²) in [5.41, 5.74) is 0.984. The van der Waals surface area contributed by atoms with Crippen molar-refractivity contribution in [3.05, 3.63) is 50.4 Å². The van der Waals surface area contributed by atoms with E-state index < -0.39 is 0 Å². The predicted octanol–water partition coefficient (Wildman–Crippen LogP) is 5.29. The molecule has 0 aliphatic rings. The van der Waals surface area contributed by atoms with Gasteiger partial charge in [-0.15, -0.1) is 11.3 Å². The van der Waals surface area contributed by atoms with Gasteiger partial charge in [0.25, 0.3) is 0 Å². The highest BCUT2D eigenvalue weighted by atomic mass is 79.9. The van der Waals surface area contributed by atoms with Crippen LogP contribution < -0.4 is 10.1 Å². The van der Waals surface area contributed by atoms with E-state index in [2.05, 4.69) is 35.1 Å². The van der Waals surface area contributed by atoms with Gasteiger partial charge in [0.15, 0.2) is 0 Å². The Morgan fingerprint density at radius 1 is 1.38 bits per heavy atom. The molecular formula is C16H19BrFNOS. The van der Waals surface area contributed by atoms with Crippen molar-refractivity contribution in [2.45, 2.75) is 32.9 Å². The Morgan fingerprint density at radius 3 is 2.86 bits per heavy atom. The minimum absolute atomic E-state index is 0.132. The highest BCUT2D eigenvalue weighted by Gasteiger charge is 2.13. The molecule has 2 aromatic rings. The number of hydrogen-bond donors (Lipinski definition) is 1. The summed E-state index contributed by atoms with van der Waals surface area (Å²) < 4.78 is 20.4. The molecule has 1 N–H and O–H groups in total. The lowest BCUT2D eigenvalue weighted by Crippen LogP contribution is -2.20. The zero-order valence-electron chi connectivity index (χ0n) is 12.2. The first-order valence-electron chi connectivity index (χ1n) is 6.99. The number of benzene rings is 1. The van der Waals surface area contributed by atoms with Gasteiger partial charge < -0.3 is 10.1 Å². The first kappa shape index (κ1) is 16.5. The van der Waals surface area contributed by atoms with Gasteiger partial charge in [-0.2, -0.15) is 0 Å². The first-order chi connectivity index (χ1) is 10.1. The minimum Gasteiger partial charge on any atom is -0.488 e. The Hall–Kier alpha value is -0.910. The van der Waals surface area contributed by atoms with Gasteiger partial charge in [-0.1, -0.05) is 13.0 Å². The maximum atomic E-state index is 13.5. The normalized spacial score (nSPS) is 12.4. The van der Waals surface area contributed by atoms with Crippen molar-refractivity contribution in [1.29, 1.82) is 0 Å². The molecule has 2 rings (SSSR count). The average molecular weight is 372 g/mol. The molecule has 1 atom stereocenters. The first-order valence-corrected chi connectivity index (χ1v) is 8.66. The van der Waals surface area contributed by atoms with Crippen LogP contribution in [-0.2, 0) is 6.61 Å². The SMILES string of the molecule is CCCNC(C)c1ccc(F)cc1OCc1sccc1Br. The maximum Gasteiger partial charge on any atom is 0.127 e. The van der Waals surface area contributed by atoms with Gasteiger partial charge in [-0.25, -0.2) is 4.39 Å². The van der Waals surface area contributed by atoms with Crippen molar-refractivity contribution in [1.82, 2.24) is 5.32 Å². The fraction of sp³-hybridized carbons (Fsp3) is 0.375. The van der Waals surface area contributed by atoms with Crippen LogP contribution in [0.25, 0.3) is 0 Å². The predicted molar refractivity (Wildman–Crippen MR) is 89.5 cm³/mol. The van der Waals surface area contributed by atoms with Crippen LogP contribution in [0.1, 0.15) is 36.8 Å². The summed E-state index contributed by atoms with van der Waals surface area (Å²) in [6.45, 7) is 5.55. The topological polar surface area (TPSA) is 21.3 Å². The van der Waals surface area contributed by atoms with Gasteiger partial charge in [0, 0.05) is 22.1 Å². The zero-order valence-corrected chi connectivity index (χ0v) is 14.6. The summed E-state index contributed by atoms with van der Waals surface area (Å²) in [5, 5.41) is 5.40. The van der Waals surface area contributed by atoms with E-state index in [0.717, 1.165) is 27.9 Å². The number of thiophene rings is 1. The van der Waals surface area contributed by atoms with Crippen molar-refractivity contribution in [3.63, 3.8) is 0 Å². The van der Waals surface area contributed by atoms with Crippen LogP contribution in [0.2, 0.25) is 0 Å². The van der Waals surface area contributed by atoms with E-state index in [9.17, 15) is 4.39 Å². The minimum atomic E-state index is -0.276. The number of hydrogen-bond acceptors (Lipinski definition) is 3. The van der Waals surface area contributed by atoms with Crippen LogP contribution >= 0.6 is 27.3 Å². The van der Waals surface area contributed by atoms with E-state index in [-0.39, 0.29) is 11.9 Å². The van der Waals surface area contributed by atoms with Crippen LogP contribution in [0, 0.1) is 5.82 Å². The molecule has 0 saturated heterocycles. The van der Waals surface area contributed by atoms with Gasteiger partial charge in [0.1, 0.15) is 18.2 Å². The van der Waals surface area contributed by atoms with Crippen molar-refractivity contribution < 1.29 is 9.13 Å². The molecule has 5 heteroatoms. The largest absolute Gasteiger partial charge is 0.488 e. The summed E-state index contributed by atoms with van der Waals surface area (Å²) in [6.07, 6.45) is 1.06. The molecule has 0 amide bonds. The molecule has 21 heavy (non-hydrogen) atoms. The molecule has 0 saturated carbocycles. The molecule has 0 bridgehead atoms. The summed E-state index contributed by atoms with van der Waals surface area (Å²) >= 11 is 5.10. The Morgan fingerprint density at radius 2 is 2.19 bits per heavy atom. The van der Waals surface area contributed by atoms with Crippen molar-refractivity contribution in [2.75, 3.05) is 6.54 Å². The quantitative estimate of drug-likeness (QED) is 0.713. The molecule has 1 aromatic heterocycles. The van der Waals surface area contributed by atoms with Crippen LogP contribution in [0.4, 0.5) is 4.39 Å². The molecular weight excluding hydrogens is 353 g/mol. The molecule has 1 unspecified atom stereocenters. The molecule has 0 spiro atoms. The molecule has 0 radical (unpaired) electrons. The Labute approximate surface area is 137 Å². The Balaban J connectivity index is 2.13. The number of rotatable bonds is 7. The number of ether oxygens (including phenoxy) is 1. The summed E-state index contributed by atoms with van der Waals surface area (Å²) in [5.74, 6) is 0.327. The van der Waals surface area contributed by atoms with Gasteiger partial charge in [-0.05, 0) is 53.3 Å². The fourth-order valence-corrected chi connectivity index (χ4v) is 3.41. The molecule has 0 fully saturated rings. The molecule has 1 heterocycles. The average Bonchev–Trinajstić information content (AvgIpc) is 2.88. The van der Waals surface area contributed by atoms with Gasteiger partial charge in [-0.3, -0.25) is 0 Å². The molecule has 0 aliphatic heterocycles. The van der Waals surface area contributed by atoms with Crippen molar-refractivity contribution >= 4 is 27.3 Å². The lowest BCUT2D eigenvalue weighted by Gasteiger charge is -2.18. The third-order valence-electron chi connectivity index (χ3n) is 3.19. The van der Waals surface area contributed by atoms with E-state index in [4.69, 9.17) is 4.74 Å². The summed E-state index contributed by atoms with van der Waals surface area (Å²) in [4.78, 5) is 1.10. The third-order valence-corrected chi connectivity index (χ3v) is 5.09. The highest BCUT2D eigenvalue weighted by Crippen LogP contribution is 2.29. The summed E-state index contributed by atoms with van der Waals surface area (Å²) in [6, 6.07) is 6.85. The Bertz CT molecular complexity index is 587. The second-order valence-electron chi connectivity index (χ2n) is 4.84. The maximum absolute atomic E-state index is 13.5. The van der Waals surface area contributed by atoms with Crippen LogP contribution in [0.3, 0.4) is 0 Å². The number of nitrogens with one attached hydrogen (secondary N) is 1. The Kier molecular flexibility index (Phi) is 6.21. The van der Waals surface area contributed by atoms with Crippen molar-refractivity contribution in [2.24, 2.45) is 0 Å². The smallest absolute Gasteiger partial charge is 0.127 e. The van der Waals surface area contributed by atoms with Crippen LogP contribution in [0.15, 0.2) is 34.1 Å². The molecule has 114 valence electrons. The van der Waals surface area contributed by atoms with E-state index >= 15 is 0 Å². The number of halogens is 2. The summed E-state index contributed by atoms with van der Waals surface area (Å²) in [7, 11) is 0. The van der Waals surface area contributed by atoms with E-state index in [1.807, 2.05) is 11.4 Å². The van der Waals surface area contributed by atoms with E-state index in [1.54, 1.807) is 17.4 Å². The van der Waals surface area contributed by atoms with Gasteiger partial charge >= 0.3 is 0 Å².